The second-order valence-corrected chi connectivity index (χ2v) is 3.19. The predicted octanol–water partition coefficient (Wildman–Crippen LogP) is -0.609. The van der Waals surface area contributed by atoms with Crippen molar-refractivity contribution in [2.24, 2.45) is 15.7 Å². The molecule has 2 unspecified atom stereocenters. The Morgan fingerprint density at radius 1 is 1.42 bits per heavy atom. The van der Waals surface area contributed by atoms with Gasteiger partial charge in [-0.25, -0.2) is 0 Å². The van der Waals surface area contributed by atoms with E-state index in [9.17, 15) is 0 Å². The number of hydrogen-bond donors (Lipinski definition) is 2. The summed E-state index contributed by atoms with van der Waals surface area (Å²) < 4.78 is 0. The normalized spacial score (nSPS) is 46.0. The lowest BCUT2D eigenvalue weighted by Gasteiger charge is -2.34. The second-order valence-electron chi connectivity index (χ2n) is 3.19. The van der Waals surface area contributed by atoms with Gasteiger partial charge in [-0.05, 0) is 6.20 Å². The third kappa shape index (κ3) is 0.450. The summed E-state index contributed by atoms with van der Waals surface area (Å²) >= 11 is 0. The number of hydrazone groups is 1. The van der Waals surface area contributed by atoms with Crippen LogP contribution in [-0.4, -0.2) is 24.7 Å². The fourth-order valence-corrected chi connectivity index (χ4v) is 1.73. The molecule has 3 aliphatic rings. The fraction of sp³-hybridized carbons (Fsp3) is 0.429. The zero-order chi connectivity index (χ0) is 8.07. The van der Waals surface area contributed by atoms with Gasteiger partial charge in [0.25, 0.3) is 5.72 Å². The minimum Gasteiger partial charge on any atom is -0.389 e. The van der Waals surface area contributed by atoms with Gasteiger partial charge in [0.1, 0.15) is 5.41 Å². The predicted molar refractivity (Wildman–Crippen MR) is 43.5 cm³/mol. The standard InChI is InChI=1S/C7H8N4O/c1-2-8-3-6-4-9-11-7(1,6)12-10-5-6/h1-2,4-5,8,11H,3H2. The van der Waals surface area contributed by atoms with Crippen LogP contribution in [0.1, 0.15) is 0 Å². The molecule has 0 aliphatic carbocycles. The molecule has 0 radical (unpaired) electrons. The van der Waals surface area contributed by atoms with Gasteiger partial charge in [-0.2, -0.15) is 5.10 Å². The first-order chi connectivity index (χ1) is 5.87. The lowest BCUT2D eigenvalue weighted by atomic mass is 9.79. The average molecular weight is 164 g/mol. The van der Waals surface area contributed by atoms with Crippen LogP contribution in [0.3, 0.4) is 0 Å². The Balaban J connectivity index is 2.18. The molecule has 3 heterocycles. The third-order valence-electron chi connectivity index (χ3n) is 2.53. The largest absolute Gasteiger partial charge is 0.389 e. The maximum atomic E-state index is 5.27. The van der Waals surface area contributed by atoms with Crippen molar-refractivity contribution >= 4 is 12.4 Å². The molecule has 12 heavy (non-hydrogen) atoms. The molecular weight excluding hydrogens is 156 g/mol. The molecular formula is C7H8N4O. The van der Waals surface area contributed by atoms with Gasteiger partial charge in [0.05, 0.1) is 6.21 Å². The molecule has 0 aromatic rings. The minimum absolute atomic E-state index is 0.234. The Kier molecular flexibility index (Phi) is 0.819. The van der Waals surface area contributed by atoms with Crippen LogP contribution in [0.4, 0.5) is 0 Å². The van der Waals surface area contributed by atoms with Crippen molar-refractivity contribution in [2.75, 3.05) is 6.54 Å². The number of hydrogen-bond acceptors (Lipinski definition) is 5. The van der Waals surface area contributed by atoms with Crippen LogP contribution in [0.25, 0.3) is 0 Å². The number of rotatable bonds is 0. The summed E-state index contributed by atoms with van der Waals surface area (Å²) in [7, 11) is 0. The van der Waals surface area contributed by atoms with Gasteiger partial charge in [-0.3, -0.25) is 5.43 Å². The molecule has 0 aromatic heterocycles. The summed E-state index contributed by atoms with van der Waals surface area (Å²) in [6, 6.07) is 0. The zero-order valence-corrected chi connectivity index (χ0v) is 6.32. The topological polar surface area (TPSA) is 58.0 Å². The van der Waals surface area contributed by atoms with Gasteiger partial charge in [0, 0.05) is 18.8 Å². The SMILES string of the molecule is C1=CC23NN=CC2(C=NO3)CN1. The van der Waals surface area contributed by atoms with Gasteiger partial charge in [0.2, 0.25) is 0 Å². The fourth-order valence-electron chi connectivity index (χ4n) is 1.73. The van der Waals surface area contributed by atoms with E-state index >= 15 is 0 Å². The van der Waals surface area contributed by atoms with Crippen molar-refractivity contribution < 1.29 is 4.84 Å². The van der Waals surface area contributed by atoms with E-state index < -0.39 is 5.72 Å². The molecule has 62 valence electrons. The molecule has 0 amide bonds. The van der Waals surface area contributed by atoms with Crippen molar-refractivity contribution in [1.82, 2.24) is 10.7 Å². The van der Waals surface area contributed by atoms with E-state index in [1.54, 1.807) is 6.21 Å². The molecule has 0 bridgehead atoms. The summed E-state index contributed by atoms with van der Waals surface area (Å²) in [5, 5.41) is 11.0. The first kappa shape index (κ1) is 6.05. The number of nitrogens with one attached hydrogen (secondary N) is 2. The highest BCUT2D eigenvalue weighted by Crippen LogP contribution is 2.40. The van der Waals surface area contributed by atoms with Crippen molar-refractivity contribution in [2.45, 2.75) is 5.72 Å². The molecule has 3 rings (SSSR count). The van der Waals surface area contributed by atoms with Gasteiger partial charge in [-0.15, -0.1) is 0 Å². The van der Waals surface area contributed by atoms with Gasteiger partial charge in [-0.1, -0.05) is 5.16 Å². The number of nitrogens with zero attached hydrogens (tertiary/aromatic N) is 2. The molecule has 5 nitrogen and oxygen atoms in total. The van der Waals surface area contributed by atoms with Crippen molar-refractivity contribution in [3.05, 3.63) is 12.3 Å². The average Bonchev–Trinajstić information content (AvgIpc) is 2.57. The van der Waals surface area contributed by atoms with Crippen molar-refractivity contribution in [3.63, 3.8) is 0 Å². The molecule has 0 saturated heterocycles. The summed E-state index contributed by atoms with van der Waals surface area (Å²) in [5.41, 5.74) is 2.13. The lowest BCUT2D eigenvalue weighted by Crippen LogP contribution is -2.57. The summed E-state index contributed by atoms with van der Waals surface area (Å²) in [5.74, 6) is 0. The third-order valence-corrected chi connectivity index (χ3v) is 2.53. The van der Waals surface area contributed by atoms with Crippen molar-refractivity contribution in [1.29, 1.82) is 0 Å². The summed E-state index contributed by atoms with van der Waals surface area (Å²) in [4.78, 5) is 5.27. The van der Waals surface area contributed by atoms with E-state index in [2.05, 4.69) is 21.0 Å². The molecule has 3 aliphatic heterocycles. The van der Waals surface area contributed by atoms with Gasteiger partial charge < -0.3 is 10.2 Å². The van der Waals surface area contributed by atoms with E-state index in [4.69, 9.17) is 4.84 Å². The second kappa shape index (κ2) is 1.63. The molecule has 0 saturated carbocycles. The molecule has 0 fully saturated rings. The number of oxime groups is 1. The van der Waals surface area contributed by atoms with Crippen LogP contribution >= 0.6 is 0 Å². The molecule has 5 heteroatoms. The molecule has 0 aromatic carbocycles. The molecule has 0 spiro atoms. The van der Waals surface area contributed by atoms with Crippen LogP contribution in [0.2, 0.25) is 0 Å². The Morgan fingerprint density at radius 3 is 3.33 bits per heavy atom. The quantitative estimate of drug-likeness (QED) is 0.502. The van der Waals surface area contributed by atoms with Gasteiger partial charge >= 0.3 is 0 Å². The monoisotopic (exact) mass is 164 g/mol. The molecule has 2 N–H and O–H groups in total. The minimum atomic E-state index is -0.557. The smallest absolute Gasteiger partial charge is 0.260 e. The molecule has 2 atom stereocenters. The highest BCUT2D eigenvalue weighted by molar-refractivity contribution is 5.94. The summed E-state index contributed by atoms with van der Waals surface area (Å²) in [6.45, 7) is 0.767. The zero-order valence-electron chi connectivity index (χ0n) is 6.32. The van der Waals surface area contributed by atoms with Gasteiger partial charge in [0.15, 0.2) is 0 Å². The first-order valence-corrected chi connectivity index (χ1v) is 3.82. The van der Waals surface area contributed by atoms with E-state index in [1.807, 2.05) is 18.5 Å². The highest BCUT2D eigenvalue weighted by Gasteiger charge is 2.59. The van der Waals surface area contributed by atoms with Crippen LogP contribution in [0, 0.1) is 5.41 Å². The van der Waals surface area contributed by atoms with E-state index in [0.717, 1.165) is 6.54 Å². The van der Waals surface area contributed by atoms with Crippen LogP contribution in [-0.2, 0) is 4.84 Å². The lowest BCUT2D eigenvalue weighted by molar-refractivity contribution is -0.0398. The van der Waals surface area contributed by atoms with Crippen LogP contribution in [0.15, 0.2) is 22.5 Å². The van der Waals surface area contributed by atoms with Crippen LogP contribution < -0.4 is 10.7 Å². The van der Waals surface area contributed by atoms with E-state index in [-0.39, 0.29) is 5.41 Å². The van der Waals surface area contributed by atoms with E-state index in [0.29, 0.717) is 0 Å². The Labute approximate surface area is 69.1 Å². The Morgan fingerprint density at radius 2 is 2.42 bits per heavy atom. The first-order valence-electron chi connectivity index (χ1n) is 3.82. The van der Waals surface area contributed by atoms with Crippen molar-refractivity contribution in [3.8, 4) is 0 Å². The Hall–Kier alpha value is -1.52. The summed E-state index contributed by atoms with van der Waals surface area (Å²) in [6.07, 6.45) is 7.37. The van der Waals surface area contributed by atoms with E-state index in [1.165, 1.54) is 0 Å². The highest BCUT2D eigenvalue weighted by atomic mass is 16.7. The maximum absolute atomic E-state index is 5.27. The Bertz CT molecular complexity index is 291. The van der Waals surface area contributed by atoms with Crippen LogP contribution in [0.5, 0.6) is 0 Å². The maximum Gasteiger partial charge on any atom is 0.260 e.